The molecule has 96 valence electrons. The maximum atomic E-state index is 11.9. The predicted molar refractivity (Wildman–Crippen MR) is 74.2 cm³/mol. The summed E-state index contributed by atoms with van der Waals surface area (Å²) >= 11 is 5.79. The standard InChI is InChI=1S/C16H12ClO2.Li/c1-3-16(2,18)12-4-8-14(9-5-12)19-15-10-6-13(17)7-11-15;/h1,4-11H,2H3;/q-1;+1. The van der Waals surface area contributed by atoms with Gasteiger partial charge >= 0.3 is 18.9 Å². The van der Waals surface area contributed by atoms with E-state index in [1.807, 2.05) is 0 Å². The molecule has 4 heteroatoms. The largest absolute Gasteiger partial charge is 1.00 e. The monoisotopic (exact) mass is 278 g/mol. The topological polar surface area (TPSA) is 32.3 Å². The third-order valence-corrected chi connectivity index (χ3v) is 2.98. The van der Waals surface area contributed by atoms with Crippen molar-refractivity contribution in [3.05, 3.63) is 59.1 Å². The van der Waals surface area contributed by atoms with Crippen LogP contribution in [0.3, 0.4) is 0 Å². The molecular formula is C16H12ClLiO2. The third-order valence-electron chi connectivity index (χ3n) is 2.73. The second-order valence-electron chi connectivity index (χ2n) is 4.26. The minimum absolute atomic E-state index is 0. The molecule has 0 radical (unpaired) electrons. The predicted octanol–water partition coefficient (Wildman–Crippen LogP) is 0.345. The average Bonchev–Trinajstić information content (AvgIpc) is 2.42. The van der Waals surface area contributed by atoms with E-state index in [1.165, 1.54) is 6.92 Å². The number of ether oxygens (including phenoxy) is 1. The van der Waals surface area contributed by atoms with E-state index in [9.17, 15) is 5.11 Å². The van der Waals surface area contributed by atoms with Crippen LogP contribution in [0.5, 0.6) is 11.5 Å². The first-order valence-corrected chi connectivity index (χ1v) is 6.11. The summed E-state index contributed by atoms with van der Waals surface area (Å²) in [5, 5.41) is 12.5. The van der Waals surface area contributed by atoms with Crippen LogP contribution in [0.1, 0.15) is 12.5 Å². The van der Waals surface area contributed by atoms with E-state index in [4.69, 9.17) is 22.8 Å². The zero-order valence-electron chi connectivity index (χ0n) is 11.4. The van der Waals surface area contributed by atoms with Gasteiger partial charge in [-0.15, -0.1) is 12.3 Å². The van der Waals surface area contributed by atoms with Gasteiger partial charge in [0.05, 0.1) is 0 Å². The Morgan fingerprint density at radius 2 is 1.50 bits per heavy atom. The maximum Gasteiger partial charge on any atom is 1.00 e. The molecule has 0 spiro atoms. The number of terminal acetylenes is 1. The van der Waals surface area contributed by atoms with Crippen LogP contribution < -0.4 is 28.7 Å². The first-order chi connectivity index (χ1) is 9.01. The van der Waals surface area contributed by atoms with E-state index in [0.717, 1.165) is 0 Å². The van der Waals surface area contributed by atoms with Crippen LogP contribution in [0.15, 0.2) is 48.5 Å². The van der Waals surface area contributed by atoms with Crippen molar-refractivity contribution in [2.75, 3.05) is 0 Å². The molecule has 0 aliphatic carbocycles. The Bertz CT molecular complexity index is 598. The van der Waals surface area contributed by atoms with Crippen molar-refractivity contribution >= 4 is 11.6 Å². The van der Waals surface area contributed by atoms with Gasteiger partial charge in [0.2, 0.25) is 0 Å². The molecule has 20 heavy (non-hydrogen) atoms. The van der Waals surface area contributed by atoms with Crippen molar-refractivity contribution < 1.29 is 28.7 Å². The van der Waals surface area contributed by atoms with Crippen LogP contribution in [0, 0.1) is 12.3 Å². The Hall–Kier alpha value is -1.35. The summed E-state index contributed by atoms with van der Waals surface area (Å²) in [7, 11) is 0. The van der Waals surface area contributed by atoms with Gasteiger partial charge in [0.25, 0.3) is 0 Å². The zero-order chi connectivity index (χ0) is 13.9. The molecule has 1 atom stereocenters. The average molecular weight is 279 g/mol. The molecule has 0 saturated heterocycles. The van der Waals surface area contributed by atoms with Crippen LogP contribution in [-0.2, 0) is 5.60 Å². The van der Waals surface area contributed by atoms with E-state index in [0.29, 0.717) is 22.1 Å². The molecule has 0 aromatic heterocycles. The van der Waals surface area contributed by atoms with Crippen molar-refractivity contribution in [1.29, 1.82) is 0 Å². The number of rotatable bonds is 3. The zero-order valence-corrected chi connectivity index (χ0v) is 12.1. The van der Waals surface area contributed by atoms with Crippen LogP contribution in [-0.4, -0.2) is 0 Å². The van der Waals surface area contributed by atoms with Crippen molar-refractivity contribution in [3.63, 3.8) is 0 Å². The molecule has 0 N–H and O–H groups in total. The number of hydrogen-bond acceptors (Lipinski definition) is 2. The minimum atomic E-state index is -1.52. The molecule has 0 amide bonds. The Labute approximate surface area is 135 Å². The van der Waals surface area contributed by atoms with Gasteiger partial charge in [-0.1, -0.05) is 30.7 Å². The van der Waals surface area contributed by atoms with E-state index in [1.54, 1.807) is 48.5 Å². The first-order valence-electron chi connectivity index (χ1n) is 5.73. The summed E-state index contributed by atoms with van der Waals surface area (Å²) in [6, 6.07) is 13.8. The Morgan fingerprint density at radius 3 is 1.95 bits per heavy atom. The summed E-state index contributed by atoms with van der Waals surface area (Å²) < 4.78 is 5.62. The second kappa shape index (κ2) is 6.89. The van der Waals surface area contributed by atoms with Gasteiger partial charge in [0.15, 0.2) is 0 Å². The molecular weight excluding hydrogens is 267 g/mol. The molecule has 0 heterocycles. The number of halogens is 1. The summed E-state index contributed by atoms with van der Waals surface area (Å²) in [5.41, 5.74) is -0.975. The van der Waals surface area contributed by atoms with Crippen molar-refractivity contribution in [3.8, 4) is 23.8 Å². The van der Waals surface area contributed by atoms with Gasteiger partial charge in [-0.2, -0.15) is 0 Å². The van der Waals surface area contributed by atoms with Gasteiger partial charge in [0.1, 0.15) is 11.5 Å². The molecule has 2 rings (SSSR count). The summed E-state index contributed by atoms with van der Waals surface area (Å²) in [5.74, 6) is 3.54. The molecule has 0 saturated carbocycles. The van der Waals surface area contributed by atoms with Gasteiger partial charge in [-0.3, -0.25) is 0 Å². The van der Waals surface area contributed by atoms with Crippen LogP contribution in [0.4, 0.5) is 0 Å². The normalized spacial score (nSPS) is 12.7. The van der Waals surface area contributed by atoms with Gasteiger partial charge in [0, 0.05) is 5.02 Å². The molecule has 0 aliphatic heterocycles. The van der Waals surface area contributed by atoms with Crippen LogP contribution in [0.25, 0.3) is 0 Å². The fourth-order valence-corrected chi connectivity index (χ4v) is 1.69. The van der Waals surface area contributed by atoms with E-state index >= 15 is 0 Å². The molecule has 0 fully saturated rings. The smallest absolute Gasteiger partial charge is 0.837 e. The molecule has 0 aliphatic rings. The summed E-state index contributed by atoms with van der Waals surface area (Å²) in [6.07, 6.45) is 5.21. The number of hydrogen-bond donors (Lipinski definition) is 0. The van der Waals surface area contributed by atoms with E-state index in [-0.39, 0.29) is 18.9 Å². The molecule has 0 bridgehead atoms. The van der Waals surface area contributed by atoms with Crippen molar-refractivity contribution in [1.82, 2.24) is 0 Å². The Balaban J connectivity index is 0.00000200. The second-order valence-corrected chi connectivity index (χ2v) is 4.69. The van der Waals surface area contributed by atoms with E-state index < -0.39 is 5.60 Å². The number of benzene rings is 2. The molecule has 2 nitrogen and oxygen atoms in total. The van der Waals surface area contributed by atoms with Crippen molar-refractivity contribution in [2.24, 2.45) is 0 Å². The first kappa shape index (κ1) is 16.7. The van der Waals surface area contributed by atoms with Crippen LogP contribution in [0.2, 0.25) is 5.02 Å². The quantitative estimate of drug-likeness (QED) is 0.599. The van der Waals surface area contributed by atoms with Gasteiger partial charge < -0.3 is 9.84 Å². The maximum absolute atomic E-state index is 11.9. The van der Waals surface area contributed by atoms with Gasteiger partial charge in [-0.25, -0.2) is 0 Å². The summed E-state index contributed by atoms with van der Waals surface area (Å²) in [6.45, 7) is 1.46. The van der Waals surface area contributed by atoms with Crippen molar-refractivity contribution in [2.45, 2.75) is 12.5 Å². The molecule has 2 aromatic carbocycles. The fourth-order valence-electron chi connectivity index (χ4n) is 1.56. The Kier molecular flexibility index (Phi) is 5.75. The van der Waals surface area contributed by atoms with E-state index in [2.05, 4.69) is 5.92 Å². The summed E-state index contributed by atoms with van der Waals surface area (Å²) in [4.78, 5) is 0. The van der Waals surface area contributed by atoms with Crippen LogP contribution >= 0.6 is 11.6 Å². The SMILES string of the molecule is C#CC(C)([O-])c1ccc(Oc2ccc(Cl)cc2)cc1.[Li+]. The minimum Gasteiger partial charge on any atom is -0.837 e. The Morgan fingerprint density at radius 1 is 1.05 bits per heavy atom. The fraction of sp³-hybridized carbons (Fsp3) is 0.125. The third kappa shape index (κ3) is 4.07. The molecule has 2 aromatic rings. The van der Waals surface area contributed by atoms with Gasteiger partial charge in [-0.05, 0) is 47.6 Å². The molecule has 1 unspecified atom stereocenters.